The number of likely N-dealkylation sites (tertiary alicyclic amines) is 1. The molecule has 1 aromatic heterocycles. The minimum Gasteiger partial charge on any atom is -0.472 e. The first-order valence-corrected chi connectivity index (χ1v) is 8.95. The van der Waals surface area contributed by atoms with Crippen molar-refractivity contribution in [3.05, 3.63) is 53.5 Å². The van der Waals surface area contributed by atoms with Crippen LogP contribution in [0, 0.1) is 5.92 Å². The molecule has 25 heavy (non-hydrogen) atoms. The number of rotatable bonds is 3. The third kappa shape index (κ3) is 3.31. The summed E-state index contributed by atoms with van der Waals surface area (Å²) in [4.78, 5) is 26.9. The van der Waals surface area contributed by atoms with Gasteiger partial charge in [-0.2, -0.15) is 0 Å². The van der Waals surface area contributed by atoms with Gasteiger partial charge in [0.15, 0.2) is 0 Å². The lowest BCUT2D eigenvalue weighted by molar-refractivity contribution is -0.121. The third-order valence-corrected chi connectivity index (χ3v) is 5.21. The first-order valence-electron chi connectivity index (χ1n) is 8.95. The monoisotopic (exact) mass is 338 g/mol. The first kappa shape index (κ1) is 15.9. The van der Waals surface area contributed by atoms with Gasteiger partial charge in [-0.15, -0.1) is 0 Å². The molecular weight excluding hydrogens is 316 g/mol. The lowest BCUT2D eigenvalue weighted by atomic mass is 9.96. The summed E-state index contributed by atoms with van der Waals surface area (Å²) in [6.07, 6.45) is 8.02. The maximum atomic E-state index is 12.7. The molecule has 5 nitrogen and oxygen atoms in total. The van der Waals surface area contributed by atoms with Gasteiger partial charge >= 0.3 is 0 Å². The number of fused-ring (bicyclic) bond motifs is 1. The average Bonchev–Trinajstić information content (AvgIpc) is 3.32. The molecule has 4 rings (SSSR count). The Hall–Kier alpha value is -2.56. The molecule has 1 saturated heterocycles. The molecular formula is C20H22N2O3. The van der Waals surface area contributed by atoms with E-state index >= 15 is 0 Å². The quantitative estimate of drug-likeness (QED) is 0.934. The van der Waals surface area contributed by atoms with Crippen molar-refractivity contribution in [1.29, 1.82) is 0 Å². The van der Waals surface area contributed by atoms with E-state index in [-0.39, 0.29) is 17.7 Å². The molecule has 1 aliphatic heterocycles. The van der Waals surface area contributed by atoms with E-state index in [1.54, 1.807) is 11.0 Å². The first-order chi connectivity index (χ1) is 12.2. The highest BCUT2D eigenvalue weighted by atomic mass is 16.3. The number of hydrogen-bond acceptors (Lipinski definition) is 3. The number of carbonyl (C=O) groups excluding carboxylic acids is 2. The van der Waals surface area contributed by atoms with Crippen molar-refractivity contribution in [2.75, 3.05) is 18.4 Å². The van der Waals surface area contributed by atoms with Crippen LogP contribution in [-0.2, 0) is 17.6 Å². The van der Waals surface area contributed by atoms with Crippen molar-refractivity contribution < 1.29 is 14.0 Å². The lowest BCUT2D eigenvalue weighted by Gasteiger charge is -2.31. The molecule has 2 aliphatic rings. The third-order valence-electron chi connectivity index (χ3n) is 5.21. The Morgan fingerprint density at radius 3 is 2.84 bits per heavy atom. The maximum absolute atomic E-state index is 12.7. The second kappa shape index (κ2) is 6.75. The highest BCUT2D eigenvalue weighted by Crippen LogP contribution is 2.26. The van der Waals surface area contributed by atoms with Gasteiger partial charge in [-0.3, -0.25) is 9.59 Å². The fourth-order valence-corrected chi connectivity index (χ4v) is 3.84. The van der Waals surface area contributed by atoms with E-state index in [9.17, 15) is 9.59 Å². The van der Waals surface area contributed by atoms with Crippen molar-refractivity contribution >= 4 is 17.5 Å². The number of nitrogens with one attached hydrogen (secondary N) is 1. The fourth-order valence-electron chi connectivity index (χ4n) is 3.84. The molecule has 5 heteroatoms. The molecule has 130 valence electrons. The molecule has 0 bridgehead atoms. The SMILES string of the molecule is O=C(Nc1ccc2c(c1)CCC2)[C@@H]1CCCN(C(=O)c2ccoc2)C1. The Labute approximate surface area is 147 Å². The Bertz CT molecular complexity index is 782. The Balaban J connectivity index is 1.41. The molecule has 2 aromatic rings. The van der Waals surface area contributed by atoms with Crippen molar-refractivity contribution in [3.8, 4) is 0 Å². The van der Waals surface area contributed by atoms with E-state index in [0.717, 1.165) is 31.4 Å². The largest absolute Gasteiger partial charge is 0.472 e. The van der Waals surface area contributed by atoms with E-state index < -0.39 is 0 Å². The molecule has 1 aliphatic carbocycles. The van der Waals surface area contributed by atoms with Crippen LogP contribution in [0.3, 0.4) is 0 Å². The summed E-state index contributed by atoms with van der Waals surface area (Å²) in [5.74, 6) is -0.232. The molecule has 0 unspecified atom stereocenters. The van der Waals surface area contributed by atoms with Crippen LogP contribution in [0.25, 0.3) is 0 Å². The lowest BCUT2D eigenvalue weighted by Crippen LogP contribution is -2.43. The van der Waals surface area contributed by atoms with E-state index in [4.69, 9.17) is 4.42 Å². The van der Waals surface area contributed by atoms with Crippen LogP contribution >= 0.6 is 0 Å². The smallest absolute Gasteiger partial charge is 0.257 e. The van der Waals surface area contributed by atoms with E-state index in [0.29, 0.717) is 18.7 Å². The number of piperidine rings is 1. The summed E-state index contributed by atoms with van der Waals surface area (Å²) in [6.45, 7) is 1.15. The van der Waals surface area contributed by atoms with Crippen LogP contribution < -0.4 is 5.32 Å². The van der Waals surface area contributed by atoms with Crippen LogP contribution in [0.4, 0.5) is 5.69 Å². The Kier molecular flexibility index (Phi) is 4.30. The Morgan fingerprint density at radius 2 is 2.00 bits per heavy atom. The number of aryl methyl sites for hydroxylation is 2. The van der Waals surface area contributed by atoms with E-state index in [1.165, 1.54) is 30.1 Å². The normalized spacial score (nSPS) is 19.5. The highest BCUT2D eigenvalue weighted by molar-refractivity contribution is 5.96. The molecule has 2 heterocycles. The molecule has 0 spiro atoms. The summed E-state index contributed by atoms with van der Waals surface area (Å²) < 4.78 is 4.99. The molecule has 1 aromatic carbocycles. The van der Waals surface area contributed by atoms with Gasteiger partial charge in [0, 0.05) is 18.8 Å². The van der Waals surface area contributed by atoms with E-state index in [2.05, 4.69) is 17.4 Å². The van der Waals surface area contributed by atoms with Crippen LogP contribution in [0.2, 0.25) is 0 Å². The van der Waals surface area contributed by atoms with Crippen LogP contribution in [0.15, 0.2) is 41.2 Å². The molecule has 0 radical (unpaired) electrons. The zero-order valence-electron chi connectivity index (χ0n) is 14.2. The second-order valence-electron chi connectivity index (χ2n) is 6.93. The number of furan rings is 1. The van der Waals surface area contributed by atoms with Crippen molar-refractivity contribution in [3.63, 3.8) is 0 Å². The van der Waals surface area contributed by atoms with Gasteiger partial charge < -0.3 is 14.6 Å². The molecule has 1 atom stereocenters. The fraction of sp³-hybridized carbons (Fsp3) is 0.400. The summed E-state index contributed by atoms with van der Waals surface area (Å²) in [7, 11) is 0. The minimum absolute atomic E-state index is 0.00244. The summed E-state index contributed by atoms with van der Waals surface area (Å²) >= 11 is 0. The van der Waals surface area contributed by atoms with Crippen LogP contribution in [0.5, 0.6) is 0 Å². The van der Waals surface area contributed by atoms with Gasteiger partial charge in [0.1, 0.15) is 6.26 Å². The number of hydrogen-bond donors (Lipinski definition) is 1. The summed E-state index contributed by atoms with van der Waals surface area (Å²) in [5, 5.41) is 3.04. The van der Waals surface area contributed by atoms with Gasteiger partial charge in [0.25, 0.3) is 5.91 Å². The van der Waals surface area contributed by atoms with Gasteiger partial charge in [0.2, 0.25) is 5.91 Å². The van der Waals surface area contributed by atoms with Crippen molar-refractivity contribution in [2.24, 2.45) is 5.92 Å². The number of benzene rings is 1. The predicted octanol–water partition coefficient (Wildman–Crippen LogP) is 3.26. The summed E-state index contributed by atoms with van der Waals surface area (Å²) in [6, 6.07) is 7.86. The molecule has 2 amide bonds. The molecule has 0 saturated carbocycles. The number of nitrogens with zero attached hydrogens (tertiary/aromatic N) is 1. The number of amides is 2. The van der Waals surface area contributed by atoms with Crippen molar-refractivity contribution in [1.82, 2.24) is 4.90 Å². The standard InChI is InChI=1S/C20H22N2O3/c23-19(21-18-7-6-14-3-1-4-15(14)11-18)16-5-2-9-22(12-16)20(24)17-8-10-25-13-17/h6-8,10-11,13,16H,1-5,9,12H2,(H,21,23)/t16-/m1/s1. The summed E-state index contributed by atoms with van der Waals surface area (Å²) in [5.41, 5.74) is 4.15. The zero-order valence-corrected chi connectivity index (χ0v) is 14.2. The number of anilines is 1. The number of carbonyl (C=O) groups is 2. The van der Waals surface area contributed by atoms with Gasteiger partial charge in [-0.05, 0) is 61.4 Å². The van der Waals surface area contributed by atoms with Crippen LogP contribution in [-0.4, -0.2) is 29.8 Å². The minimum atomic E-state index is -0.169. The highest BCUT2D eigenvalue weighted by Gasteiger charge is 2.29. The van der Waals surface area contributed by atoms with E-state index in [1.807, 2.05) is 6.07 Å². The molecule has 1 fully saturated rings. The zero-order chi connectivity index (χ0) is 17.2. The average molecular weight is 338 g/mol. The second-order valence-corrected chi connectivity index (χ2v) is 6.93. The van der Waals surface area contributed by atoms with Gasteiger partial charge in [-0.1, -0.05) is 6.07 Å². The maximum Gasteiger partial charge on any atom is 0.257 e. The molecule has 1 N–H and O–H groups in total. The van der Waals surface area contributed by atoms with Crippen LogP contribution in [0.1, 0.15) is 40.7 Å². The van der Waals surface area contributed by atoms with Gasteiger partial charge in [-0.25, -0.2) is 0 Å². The van der Waals surface area contributed by atoms with Crippen molar-refractivity contribution in [2.45, 2.75) is 32.1 Å². The van der Waals surface area contributed by atoms with Gasteiger partial charge in [0.05, 0.1) is 17.7 Å². The predicted molar refractivity (Wildman–Crippen MR) is 94.4 cm³/mol. The Morgan fingerprint density at radius 1 is 1.12 bits per heavy atom. The topological polar surface area (TPSA) is 62.6 Å².